The zero-order valence-electron chi connectivity index (χ0n) is 15.7. The van der Waals surface area contributed by atoms with Crippen LogP contribution in [0, 0.1) is 5.82 Å². The summed E-state index contributed by atoms with van der Waals surface area (Å²) in [5, 5.41) is 0. The van der Waals surface area contributed by atoms with Crippen molar-refractivity contribution < 1.29 is 22.7 Å². The summed E-state index contributed by atoms with van der Waals surface area (Å²) in [5.41, 5.74) is 1.18. The topological polar surface area (TPSA) is 92.8 Å². The number of carbonyl (C=O) groups is 2. The smallest absolute Gasteiger partial charge is 0.253 e. The second kappa shape index (κ2) is 9.62. The van der Waals surface area contributed by atoms with Crippen molar-refractivity contribution in [2.24, 2.45) is 0 Å². The third-order valence-corrected chi connectivity index (χ3v) is 5.17. The lowest BCUT2D eigenvalue weighted by atomic mass is 10.1. The van der Waals surface area contributed by atoms with Crippen LogP contribution in [0.1, 0.15) is 22.3 Å². The van der Waals surface area contributed by atoms with Gasteiger partial charge in [-0.3, -0.25) is 13.8 Å². The van der Waals surface area contributed by atoms with E-state index in [-0.39, 0.29) is 18.2 Å². The molecular formula is C20H21FN3O4S-. The fraction of sp³-hybridized carbons (Fsp3) is 0.300. The number of hydrogen-bond acceptors (Lipinski definition) is 4. The molecule has 9 heteroatoms. The quantitative estimate of drug-likeness (QED) is 0.751. The Kier molecular flexibility index (Phi) is 6.95. The highest BCUT2D eigenvalue weighted by Crippen LogP contribution is 2.15. The number of rotatable bonds is 5. The van der Waals surface area contributed by atoms with E-state index in [2.05, 4.69) is 4.72 Å². The summed E-state index contributed by atoms with van der Waals surface area (Å²) < 4.78 is 37.3. The molecule has 29 heavy (non-hydrogen) atoms. The summed E-state index contributed by atoms with van der Waals surface area (Å²) in [7, 11) is 0. The summed E-state index contributed by atoms with van der Waals surface area (Å²) >= 11 is -2.42. The van der Waals surface area contributed by atoms with Gasteiger partial charge < -0.3 is 19.1 Å². The molecule has 1 aliphatic rings. The van der Waals surface area contributed by atoms with E-state index in [1.807, 2.05) is 0 Å². The van der Waals surface area contributed by atoms with Crippen molar-refractivity contribution in [1.82, 2.24) is 9.80 Å². The highest BCUT2D eigenvalue weighted by Gasteiger charge is 2.23. The molecular weight excluding hydrogens is 397 g/mol. The number of carbonyl (C=O) groups excluding carboxylic acids is 2. The zero-order valence-corrected chi connectivity index (χ0v) is 16.5. The Labute approximate surface area is 170 Å². The lowest BCUT2D eigenvalue weighted by Gasteiger charge is -2.22. The molecule has 0 aliphatic carbocycles. The summed E-state index contributed by atoms with van der Waals surface area (Å²) in [5.74, 6) is -0.736. The van der Waals surface area contributed by atoms with E-state index in [9.17, 15) is 22.7 Å². The van der Waals surface area contributed by atoms with Crippen molar-refractivity contribution >= 4 is 28.8 Å². The van der Waals surface area contributed by atoms with Crippen LogP contribution < -0.4 is 4.72 Å². The summed E-state index contributed by atoms with van der Waals surface area (Å²) in [4.78, 5) is 28.6. The van der Waals surface area contributed by atoms with E-state index in [1.54, 1.807) is 40.1 Å². The fourth-order valence-corrected chi connectivity index (χ4v) is 3.57. The van der Waals surface area contributed by atoms with Gasteiger partial charge in [0.2, 0.25) is 5.91 Å². The SMILES string of the molecule is O=C(Cc1ccccc1F)N1CCCN(C(=O)c2ccc(NS(=O)[O-])cc2)CC1. The molecule has 3 rings (SSSR count). The van der Waals surface area contributed by atoms with Crippen LogP contribution in [0.2, 0.25) is 0 Å². The van der Waals surface area contributed by atoms with Gasteiger partial charge in [0.05, 0.1) is 6.42 Å². The minimum Gasteiger partial charge on any atom is -0.755 e. The predicted octanol–water partition coefficient (Wildman–Crippen LogP) is 1.95. The van der Waals surface area contributed by atoms with E-state index >= 15 is 0 Å². The standard InChI is InChI=1S/C20H22FN3O4S/c21-18-5-2-1-4-16(18)14-19(25)23-10-3-11-24(13-12-23)20(26)15-6-8-17(9-7-15)22-29(27)28/h1-2,4-9,22H,3,10-14H2,(H,27,28)/p-1. The Hall–Kier alpha value is -2.78. The second-order valence-electron chi connectivity index (χ2n) is 6.71. The molecule has 0 radical (unpaired) electrons. The van der Waals surface area contributed by atoms with Gasteiger partial charge in [-0.1, -0.05) is 18.2 Å². The van der Waals surface area contributed by atoms with Crippen LogP contribution in [-0.4, -0.2) is 56.6 Å². The van der Waals surface area contributed by atoms with Crippen molar-refractivity contribution in [3.8, 4) is 0 Å². The molecule has 7 nitrogen and oxygen atoms in total. The molecule has 2 amide bonds. The van der Waals surface area contributed by atoms with E-state index in [0.717, 1.165) is 0 Å². The summed E-state index contributed by atoms with van der Waals surface area (Å²) in [6.07, 6.45) is 0.625. The average molecular weight is 418 g/mol. The number of hydrogen-bond donors (Lipinski definition) is 1. The van der Waals surface area contributed by atoms with Gasteiger partial charge in [0.1, 0.15) is 5.82 Å². The Morgan fingerprint density at radius 2 is 1.66 bits per heavy atom. The zero-order chi connectivity index (χ0) is 20.8. The number of nitrogens with zero attached hydrogens (tertiary/aromatic N) is 2. The molecule has 2 aromatic carbocycles. The first-order valence-electron chi connectivity index (χ1n) is 9.20. The first-order chi connectivity index (χ1) is 13.9. The number of halogens is 1. The number of anilines is 1. The largest absolute Gasteiger partial charge is 0.755 e. The van der Waals surface area contributed by atoms with Crippen LogP contribution >= 0.6 is 0 Å². The Morgan fingerprint density at radius 1 is 1.00 bits per heavy atom. The van der Waals surface area contributed by atoms with Gasteiger partial charge in [-0.2, -0.15) is 0 Å². The maximum Gasteiger partial charge on any atom is 0.253 e. The lowest BCUT2D eigenvalue weighted by Crippen LogP contribution is -2.38. The van der Waals surface area contributed by atoms with Crippen molar-refractivity contribution in [1.29, 1.82) is 0 Å². The van der Waals surface area contributed by atoms with Crippen molar-refractivity contribution in [2.75, 3.05) is 30.9 Å². The van der Waals surface area contributed by atoms with Gasteiger partial charge in [0.25, 0.3) is 5.91 Å². The molecule has 1 aliphatic heterocycles. The van der Waals surface area contributed by atoms with E-state index in [1.165, 1.54) is 18.2 Å². The van der Waals surface area contributed by atoms with Gasteiger partial charge >= 0.3 is 0 Å². The van der Waals surface area contributed by atoms with Gasteiger partial charge in [-0.15, -0.1) is 0 Å². The van der Waals surface area contributed by atoms with E-state index < -0.39 is 17.1 Å². The van der Waals surface area contributed by atoms with E-state index in [0.29, 0.717) is 49.4 Å². The Bertz CT molecular complexity index is 907. The first kappa shape index (κ1) is 20.9. The summed E-state index contributed by atoms with van der Waals surface area (Å²) in [6, 6.07) is 12.4. The molecule has 0 spiro atoms. The second-order valence-corrected chi connectivity index (χ2v) is 7.38. The molecule has 1 atom stereocenters. The highest BCUT2D eigenvalue weighted by molar-refractivity contribution is 7.80. The van der Waals surface area contributed by atoms with Crippen LogP contribution in [0.3, 0.4) is 0 Å². The molecule has 1 fully saturated rings. The average Bonchev–Trinajstić information content (AvgIpc) is 2.96. The Balaban J connectivity index is 1.59. The van der Waals surface area contributed by atoms with Crippen LogP contribution in [0.5, 0.6) is 0 Å². The number of nitrogens with one attached hydrogen (secondary N) is 1. The predicted molar refractivity (Wildman–Crippen MR) is 106 cm³/mol. The fourth-order valence-electron chi connectivity index (χ4n) is 3.25. The van der Waals surface area contributed by atoms with Crippen molar-refractivity contribution in [3.05, 3.63) is 65.5 Å². The normalized spacial score (nSPS) is 15.5. The van der Waals surface area contributed by atoms with Gasteiger partial charge in [0.15, 0.2) is 0 Å². The molecule has 0 bridgehead atoms. The number of amides is 2. The molecule has 1 unspecified atom stereocenters. The van der Waals surface area contributed by atoms with Crippen LogP contribution in [-0.2, 0) is 22.5 Å². The number of benzene rings is 2. The van der Waals surface area contributed by atoms with Crippen LogP contribution in [0.4, 0.5) is 10.1 Å². The van der Waals surface area contributed by atoms with Gasteiger partial charge in [0, 0.05) is 48.7 Å². The first-order valence-corrected chi connectivity index (χ1v) is 10.3. The molecule has 1 saturated heterocycles. The van der Waals surface area contributed by atoms with Crippen molar-refractivity contribution in [2.45, 2.75) is 12.8 Å². The third kappa shape index (κ3) is 5.61. The maximum absolute atomic E-state index is 13.8. The van der Waals surface area contributed by atoms with Crippen LogP contribution in [0.25, 0.3) is 0 Å². The molecule has 1 heterocycles. The molecule has 2 aromatic rings. The lowest BCUT2D eigenvalue weighted by molar-refractivity contribution is -0.130. The third-order valence-electron chi connectivity index (χ3n) is 4.77. The van der Waals surface area contributed by atoms with Crippen LogP contribution in [0.15, 0.2) is 48.5 Å². The van der Waals surface area contributed by atoms with E-state index in [4.69, 9.17) is 0 Å². The minimum atomic E-state index is -2.42. The van der Waals surface area contributed by atoms with Crippen molar-refractivity contribution in [3.63, 3.8) is 0 Å². The van der Waals surface area contributed by atoms with Gasteiger partial charge in [-0.25, -0.2) is 4.39 Å². The molecule has 0 aromatic heterocycles. The molecule has 154 valence electrons. The van der Waals surface area contributed by atoms with Gasteiger partial charge in [-0.05, 0) is 42.3 Å². The monoisotopic (exact) mass is 418 g/mol. The molecule has 0 saturated carbocycles. The summed E-state index contributed by atoms with van der Waals surface area (Å²) in [6.45, 7) is 1.78. The maximum atomic E-state index is 13.8. The highest BCUT2D eigenvalue weighted by atomic mass is 32.2. The molecule has 1 N–H and O–H groups in total. The Morgan fingerprint density at radius 3 is 2.34 bits per heavy atom. The minimum absolute atomic E-state index is 0.00380.